The summed E-state index contributed by atoms with van der Waals surface area (Å²) >= 11 is 0. The van der Waals surface area contributed by atoms with Gasteiger partial charge in [-0.1, -0.05) is 43.5 Å². The zero-order valence-electron chi connectivity index (χ0n) is 14.4. The van der Waals surface area contributed by atoms with E-state index >= 15 is 0 Å². The third-order valence-electron chi connectivity index (χ3n) is 4.79. The lowest BCUT2D eigenvalue weighted by Gasteiger charge is -2.17. The molecule has 0 amide bonds. The Kier molecular flexibility index (Phi) is 4.52. The van der Waals surface area contributed by atoms with Gasteiger partial charge in [-0.05, 0) is 37.1 Å². The highest BCUT2D eigenvalue weighted by atomic mass is 16.5. The second-order valence-electron chi connectivity index (χ2n) is 6.61. The first-order chi connectivity index (χ1) is 12.7. The third kappa shape index (κ3) is 3.25. The van der Waals surface area contributed by atoms with Crippen molar-refractivity contribution in [3.63, 3.8) is 0 Å². The van der Waals surface area contributed by atoms with Crippen LogP contribution in [0.2, 0.25) is 0 Å². The number of aromatic carboxylic acids is 1. The Labute approximate surface area is 152 Å². The van der Waals surface area contributed by atoms with E-state index in [1.807, 2.05) is 24.3 Å². The van der Waals surface area contributed by atoms with Gasteiger partial charge in [0.15, 0.2) is 0 Å². The monoisotopic (exact) mass is 348 g/mol. The van der Waals surface area contributed by atoms with E-state index in [-0.39, 0.29) is 11.6 Å². The van der Waals surface area contributed by atoms with Crippen LogP contribution in [-0.2, 0) is 0 Å². The van der Waals surface area contributed by atoms with E-state index in [0.717, 1.165) is 18.4 Å². The number of fused-ring (bicyclic) bond motifs is 1. The highest BCUT2D eigenvalue weighted by molar-refractivity contribution is 6.49. The topological polar surface area (TPSA) is 71.2 Å². The van der Waals surface area contributed by atoms with Crippen LogP contribution in [0.4, 0.5) is 5.69 Å². The molecule has 1 heterocycles. The first-order valence-corrected chi connectivity index (χ1v) is 8.99. The van der Waals surface area contributed by atoms with Gasteiger partial charge in [0.2, 0.25) is 5.90 Å². The van der Waals surface area contributed by atoms with Crippen molar-refractivity contribution < 1.29 is 14.6 Å². The molecular formula is C21H20N2O3. The summed E-state index contributed by atoms with van der Waals surface area (Å²) in [5.41, 5.74) is 2.04. The summed E-state index contributed by atoms with van der Waals surface area (Å²) in [5.74, 6) is 0.217. The van der Waals surface area contributed by atoms with Crippen molar-refractivity contribution >= 4 is 23.3 Å². The lowest BCUT2D eigenvalue weighted by molar-refractivity contribution is 0.0698. The molecule has 0 unspecified atom stereocenters. The predicted octanol–water partition coefficient (Wildman–Crippen LogP) is 4.63. The van der Waals surface area contributed by atoms with Gasteiger partial charge in [-0.2, -0.15) is 0 Å². The maximum atomic E-state index is 11.5. The SMILES string of the molecule is O=C(O)c1ccccc1N=C1C(=NC2CCCCC2)Oc2ccccc21. The molecule has 2 aliphatic rings. The average molecular weight is 348 g/mol. The molecule has 0 aromatic heterocycles. The summed E-state index contributed by atoms with van der Waals surface area (Å²) in [5, 5.41) is 9.43. The fraction of sp³-hybridized carbons (Fsp3) is 0.286. The molecular weight excluding hydrogens is 328 g/mol. The Morgan fingerprint density at radius 3 is 2.54 bits per heavy atom. The molecule has 26 heavy (non-hydrogen) atoms. The van der Waals surface area contributed by atoms with Crippen LogP contribution in [0, 0.1) is 0 Å². The maximum Gasteiger partial charge on any atom is 0.337 e. The number of benzene rings is 2. The van der Waals surface area contributed by atoms with Crippen molar-refractivity contribution in [1.29, 1.82) is 0 Å². The highest BCUT2D eigenvalue weighted by Gasteiger charge is 2.28. The standard InChI is InChI=1S/C21H20N2O3/c24-21(25)15-10-4-6-12-17(15)23-19-16-11-5-7-13-18(16)26-20(19)22-14-8-2-1-3-9-14/h4-7,10-14H,1-3,8-9H2,(H,24,25). The third-order valence-corrected chi connectivity index (χ3v) is 4.79. The summed E-state index contributed by atoms with van der Waals surface area (Å²) in [4.78, 5) is 21.0. The highest BCUT2D eigenvalue weighted by Crippen LogP contribution is 2.31. The summed E-state index contributed by atoms with van der Waals surface area (Å²) in [6.07, 6.45) is 5.74. The summed E-state index contributed by atoms with van der Waals surface area (Å²) < 4.78 is 5.97. The fourth-order valence-corrected chi connectivity index (χ4v) is 3.46. The number of ether oxygens (including phenoxy) is 1. The van der Waals surface area contributed by atoms with E-state index in [9.17, 15) is 9.90 Å². The van der Waals surface area contributed by atoms with Gasteiger partial charge in [0.1, 0.15) is 11.5 Å². The number of carboxylic acid groups (broad SMARTS) is 1. The first-order valence-electron chi connectivity index (χ1n) is 8.99. The Bertz CT molecular complexity index is 896. The van der Waals surface area contributed by atoms with E-state index < -0.39 is 5.97 Å². The lowest BCUT2D eigenvalue weighted by atomic mass is 9.96. The fourth-order valence-electron chi connectivity index (χ4n) is 3.46. The van der Waals surface area contributed by atoms with E-state index in [2.05, 4.69) is 4.99 Å². The summed E-state index contributed by atoms with van der Waals surface area (Å²) in [6, 6.07) is 14.6. The quantitative estimate of drug-likeness (QED) is 0.879. The van der Waals surface area contributed by atoms with Gasteiger partial charge in [0, 0.05) is 5.56 Å². The van der Waals surface area contributed by atoms with Crippen LogP contribution in [0.15, 0.2) is 58.5 Å². The van der Waals surface area contributed by atoms with Gasteiger partial charge in [0.25, 0.3) is 0 Å². The number of para-hydroxylation sites is 2. The minimum atomic E-state index is -0.997. The average Bonchev–Trinajstić information content (AvgIpc) is 3.00. The van der Waals surface area contributed by atoms with Gasteiger partial charge in [-0.3, -0.25) is 0 Å². The van der Waals surface area contributed by atoms with E-state index in [1.165, 1.54) is 19.3 Å². The number of hydrogen-bond donors (Lipinski definition) is 1. The molecule has 0 atom stereocenters. The van der Waals surface area contributed by atoms with E-state index in [0.29, 0.717) is 23.0 Å². The Morgan fingerprint density at radius 1 is 1.00 bits per heavy atom. The van der Waals surface area contributed by atoms with Gasteiger partial charge in [0.05, 0.1) is 17.3 Å². The van der Waals surface area contributed by atoms with E-state index in [4.69, 9.17) is 9.73 Å². The normalized spacial score (nSPS) is 20.2. The molecule has 1 fully saturated rings. The Morgan fingerprint density at radius 2 is 1.73 bits per heavy atom. The van der Waals surface area contributed by atoms with Gasteiger partial charge >= 0.3 is 5.97 Å². The molecule has 5 heteroatoms. The molecule has 1 N–H and O–H groups in total. The number of carboxylic acids is 1. The predicted molar refractivity (Wildman–Crippen MR) is 101 cm³/mol. The smallest absolute Gasteiger partial charge is 0.337 e. The number of carbonyl (C=O) groups is 1. The minimum Gasteiger partial charge on any atom is -0.478 e. The summed E-state index contributed by atoms with van der Waals surface area (Å²) in [6.45, 7) is 0. The molecule has 132 valence electrons. The zero-order valence-corrected chi connectivity index (χ0v) is 14.4. The molecule has 1 aliphatic carbocycles. The van der Waals surface area contributed by atoms with Gasteiger partial charge in [-0.25, -0.2) is 14.8 Å². The molecule has 0 bridgehead atoms. The van der Waals surface area contributed by atoms with Crippen LogP contribution in [0.25, 0.3) is 0 Å². The van der Waals surface area contributed by atoms with Crippen LogP contribution in [0.1, 0.15) is 48.0 Å². The molecule has 1 aliphatic heterocycles. The minimum absolute atomic E-state index is 0.168. The van der Waals surface area contributed by atoms with Crippen molar-refractivity contribution in [1.82, 2.24) is 0 Å². The second-order valence-corrected chi connectivity index (χ2v) is 6.61. The lowest BCUT2D eigenvalue weighted by Crippen LogP contribution is -2.19. The Hall–Kier alpha value is -2.95. The van der Waals surface area contributed by atoms with Crippen molar-refractivity contribution in [3.8, 4) is 5.75 Å². The van der Waals surface area contributed by atoms with Crippen molar-refractivity contribution in [2.45, 2.75) is 38.1 Å². The molecule has 5 nitrogen and oxygen atoms in total. The largest absolute Gasteiger partial charge is 0.478 e. The molecule has 0 radical (unpaired) electrons. The molecule has 0 spiro atoms. The molecule has 2 aromatic carbocycles. The number of rotatable bonds is 3. The van der Waals surface area contributed by atoms with Crippen LogP contribution in [0.3, 0.4) is 0 Å². The number of hydrogen-bond acceptors (Lipinski definition) is 4. The van der Waals surface area contributed by atoms with Crippen LogP contribution in [-0.4, -0.2) is 28.7 Å². The maximum absolute atomic E-state index is 11.5. The zero-order chi connectivity index (χ0) is 17.9. The Balaban J connectivity index is 1.79. The first kappa shape index (κ1) is 16.5. The van der Waals surface area contributed by atoms with Gasteiger partial charge in [-0.15, -0.1) is 0 Å². The van der Waals surface area contributed by atoms with Gasteiger partial charge < -0.3 is 9.84 Å². The van der Waals surface area contributed by atoms with E-state index in [1.54, 1.807) is 24.3 Å². The van der Waals surface area contributed by atoms with Crippen LogP contribution in [0.5, 0.6) is 5.75 Å². The van der Waals surface area contributed by atoms with Crippen LogP contribution < -0.4 is 4.74 Å². The van der Waals surface area contributed by atoms with Crippen molar-refractivity contribution in [2.75, 3.05) is 0 Å². The van der Waals surface area contributed by atoms with Crippen LogP contribution >= 0.6 is 0 Å². The molecule has 2 aromatic rings. The molecule has 1 saturated carbocycles. The van der Waals surface area contributed by atoms with Crippen molar-refractivity contribution in [2.24, 2.45) is 9.98 Å². The number of aliphatic imine (C=N–C) groups is 2. The molecule has 4 rings (SSSR count). The second kappa shape index (κ2) is 7.12. The number of nitrogens with zero attached hydrogens (tertiary/aromatic N) is 2. The van der Waals surface area contributed by atoms with Crippen molar-refractivity contribution in [3.05, 3.63) is 59.7 Å². The molecule has 0 saturated heterocycles. The summed E-state index contributed by atoms with van der Waals surface area (Å²) in [7, 11) is 0.